The molecule has 1 rings (SSSR count). The van der Waals surface area contributed by atoms with Crippen molar-refractivity contribution in [2.24, 2.45) is 4.99 Å². The van der Waals surface area contributed by atoms with Gasteiger partial charge in [-0.15, -0.1) is 0 Å². The molecular formula is C7H11ClN4O2. The predicted molar refractivity (Wildman–Crippen MR) is 53.0 cm³/mol. The molecule has 0 aromatic carbocycles. The maximum Gasteiger partial charge on any atom is 0.201 e. The minimum absolute atomic E-state index is 0.256. The molecule has 0 amide bonds. The molecule has 0 saturated heterocycles. The molecular weight excluding hydrogens is 208 g/mol. The summed E-state index contributed by atoms with van der Waals surface area (Å²) < 4.78 is 9.39. The molecule has 6 nitrogen and oxygen atoms in total. The van der Waals surface area contributed by atoms with Crippen LogP contribution in [0, 0.1) is 0 Å². The molecule has 0 fully saturated rings. The van der Waals surface area contributed by atoms with Crippen LogP contribution in [0.2, 0.25) is 0 Å². The first kappa shape index (κ1) is 10.9. The Morgan fingerprint density at radius 1 is 1.64 bits per heavy atom. The van der Waals surface area contributed by atoms with Crippen LogP contribution in [0.15, 0.2) is 9.62 Å². The Labute approximate surface area is 86.3 Å². The van der Waals surface area contributed by atoms with Gasteiger partial charge in [-0.3, -0.25) is 4.99 Å². The summed E-state index contributed by atoms with van der Waals surface area (Å²) in [6.45, 7) is 1.17. The fourth-order valence-corrected chi connectivity index (χ4v) is 0.941. The van der Waals surface area contributed by atoms with Crippen molar-refractivity contribution in [1.29, 1.82) is 0 Å². The van der Waals surface area contributed by atoms with Gasteiger partial charge in [-0.1, -0.05) is 11.6 Å². The van der Waals surface area contributed by atoms with Gasteiger partial charge in [-0.05, 0) is 10.3 Å². The number of nitrogens with zero attached hydrogens (tertiary/aromatic N) is 3. The minimum Gasteiger partial charge on any atom is -0.383 e. The zero-order valence-corrected chi connectivity index (χ0v) is 8.71. The summed E-state index contributed by atoms with van der Waals surface area (Å²) in [5, 5.41) is 10.5. The molecule has 0 bridgehead atoms. The first-order valence-corrected chi connectivity index (χ1v) is 4.35. The summed E-state index contributed by atoms with van der Waals surface area (Å²) in [5.74, 6) is 0.470. The van der Waals surface area contributed by atoms with E-state index in [1.807, 2.05) is 0 Å². The average molecular weight is 219 g/mol. The number of ether oxygens (including phenoxy) is 1. The van der Waals surface area contributed by atoms with E-state index in [-0.39, 0.29) is 5.17 Å². The number of aromatic nitrogens is 2. The third-order valence-corrected chi connectivity index (χ3v) is 1.83. The van der Waals surface area contributed by atoms with Gasteiger partial charge in [-0.25, -0.2) is 4.63 Å². The van der Waals surface area contributed by atoms with Crippen LogP contribution in [0.3, 0.4) is 0 Å². The largest absolute Gasteiger partial charge is 0.383 e. The quantitative estimate of drug-likeness (QED) is 0.583. The molecule has 1 aromatic heterocycles. The van der Waals surface area contributed by atoms with Crippen LogP contribution in [0.5, 0.6) is 0 Å². The second kappa shape index (κ2) is 5.56. The lowest BCUT2D eigenvalue weighted by atomic mass is 10.4. The molecule has 1 heterocycles. The lowest BCUT2D eigenvalue weighted by Gasteiger charge is -2.01. The van der Waals surface area contributed by atoms with E-state index in [1.54, 1.807) is 14.2 Å². The number of nitrogens with one attached hydrogen (secondary N) is 1. The molecule has 1 aromatic rings. The third-order valence-electron chi connectivity index (χ3n) is 1.48. The van der Waals surface area contributed by atoms with Gasteiger partial charge in [-0.2, -0.15) is 0 Å². The van der Waals surface area contributed by atoms with Crippen LogP contribution < -0.4 is 5.32 Å². The van der Waals surface area contributed by atoms with Crippen LogP contribution in [-0.4, -0.2) is 42.8 Å². The Kier molecular flexibility index (Phi) is 4.34. The lowest BCUT2D eigenvalue weighted by molar-refractivity contribution is 0.210. The van der Waals surface area contributed by atoms with Crippen molar-refractivity contribution in [3.63, 3.8) is 0 Å². The smallest absolute Gasteiger partial charge is 0.201 e. The Bertz CT molecular complexity index is 312. The molecule has 1 N–H and O–H groups in total. The fourth-order valence-electron chi connectivity index (χ4n) is 0.817. The highest BCUT2D eigenvalue weighted by atomic mass is 35.5. The summed E-state index contributed by atoms with van der Waals surface area (Å²) >= 11 is 5.77. The molecule has 0 spiro atoms. The number of aliphatic imine (C=N–C) groups is 1. The number of hydrogen-bond donors (Lipinski definition) is 1. The van der Waals surface area contributed by atoms with E-state index in [0.717, 1.165) is 0 Å². The maximum atomic E-state index is 5.77. The Morgan fingerprint density at radius 3 is 3.07 bits per heavy atom. The summed E-state index contributed by atoms with van der Waals surface area (Å²) in [5.41, 5.74) is 0.408. The van der Waals surface area contributed by atoms with Crippen LogP contribution in [0.25, 0.3) is 0 Å². The number of hydrogen-bond acceptors (Lipinski definition) is 6. The number of methoxy groups -OCH3 is 1. The molecule has 0 atom stereocenters. The molecule has 0 aliphatic carbocycles. The van der Waals surface area contributed by atoms with Gasteiger partial charge in [0.25, 0.3) is 0 Å². The van der Waals surface area contributed by atoms with Gasteiger partial charge in [0.2, 0.25) is 5.82 Å². The normalized spacial score (nSPS) is 11.8. The highest BCUT2D eigenvalue weighted by Crippen LogP contribution is 2.12. The monoisotopic (exact) mass is 218 g/mol. The molecule has 0 radical (unpaired) electrons. The van der Waals surface area contributed by atoms with E-state index in [4.69, 9.17) is 16.3 Å². The molecule has 7 heteroatoms. The van der Waals surface area contributed by atoms with Gasteiger partial charge in [0, 0.05) is 20.7 Å². The molecule has 78 valence electrons. The molecule has 0 unspecified atom stereocenters. The van der Waals surface area contributed by atoms with Gasteiger partial charge < -0.3 is 10.1 Å². The van der Waals surface area contributed by atoms with Crippen molar-refractivity contribution < 1.29 is 9.37 Å². The summed E-state index contributed by atoms with van der Waals surface area (Å²) in [4.78, 5) is 3.77. The fraction of sp³-hybridized carbons (Fsp3) is 0.571. The topological polar surface area (TPSA) is 72.5 Å². The van der Waals surface area contributed by atoms with E-state index in [1.165, 1.54) is 0 Å². The SMILES string of the molecule is C/N=C(\Cl)c1nonc1NCCOC. The standard InChI is InChI=1S/C7H11ClN4O2/c1-9-6(8)5-7(12-14-11-5)10-3-4-13-2/h3-4H2,1-2H3,(H,10,12)/b9-6-. The number of halogens is 1. The van der Waals surface area contributed by atoms with Crippen molar-refractivity contribution >= 4 is 22.6 Å². The lowest BCUT2D eigenvalue weighted by Crippen LogP contribution is -2.10. The first-order valence-electron chi connectivity index (χ1n) is 3.97. The van der Waals surface area contributed by atoms with Crippen molar-refractivity contribution in [3.05, 3.63) is 5.69 Å². The molecule has 14 heavy (non-hydrogen) atoms. The average Bonchev–Trinajstić information content (AvgIpc) is 2.65. The second-order valence-corrected chi connectivity index (χ2v) is 2.75. The van der Waals surface area contributed by atoms with Crippen LogP contribution in [-0.2, 0) is 4.74 Å². The van der Waals surface area contributed by atoms with E-state index >= 15 is 0 Å². The number of anilines is 1. The maximum absolute atomic E-state index is 5.77. The van der Waals surface area contributed by atoms with E-state index in [0.29, 0.717) is 24.7 Å². The zero-order valence-electron chi connectivity index (χ0n) is 7.95. The van der Waals surface area contributed by atoms with Crippen molar-refractivity contribution in [3.8, 4) is 0 Å². The summed E-state index contributed by atoms with van der Waals surface area (Å²) in [6, 6.07) is 0. The summed E-state index contributed by atoms with van der Waals surface area (Å²) in [6.07, 6.45) is 0. The Morgan fingerprint density at radius 2 is 2.43 bits per heavy atom. The minimum atomic E-state index is 0.256. The zero-order chi connectivity index (χ0) is 10.4. The van der Waals surface area contributed by atoms with Gasteiger partial charge in [0.05, 0.1) is 6.61 Å². The van der Waals surface area contributed by atoms with E-state index < -0.39 is 0 Å². The Hall–Kier alpha value is -1.14. The van der Waals surface area contributed by atoms with Gasteiger partial charge in [0.15, 0.2) is 10.9 Å². The third kappa shape index (κ3) is 2.68. The van der Waals surface area contributed by atoms with E-state index in [9.17, 15) is 0 Å². The highest BCUT2D eigenvalue weighted by Gasteiger charge is 2.13. The van der Waals surface area contributed by atoms with Gasteiger partial charge in [0.1, 0.15) is 0 Å². The summed E-state index contributed by atoms with van der Waals surface area (Å²) in [7, 11) is 3.18. The Balaban J connectivity index is 2.63. The van der Waals surface area contributed by atoms with E-state index in [2.05, 4.69) is 25.3 Å². The van der Waals surface area contributed by atoms with Crippen LogP contribution in [0.4, 0.5) is 5.82 Å². The van der Waals surface area contributed by atoms with Gasteiger partial charge >= 0.3 is 0 Å². The second-order valence-electron chi connectivity index (χ2n) is 2.40. The predicted octanol–water partition coefficient (Wildman–Crippen LogP) is 0.743. The van der Waals surface area contributed by atoms with Crippen LogP contribution in [0.1, 0.15) is 5.69 Å². The van der Waals surface area contributed by atoms with Crippen LogP contribution >= 0.6 is 11.6 Å². The van der Waals surface area contributed by atoms with Crippen molar-refractivity contribution in [2.75, 3.05) is 32.6 Å². The highest BCUT2D eigenvalue weighted by molar-refractivity contribution is 6.69. The molecule has 0 aliphatic rings. The van der Waals surface area contributed by atoms with Crippen molar-refractivity contribution in [1.82, 2.24) is 10.3 Å². The molecule has 0 aliphatic heterocycles. The first-order chi connectivity index (χ1) is 6.79. The number of rotatable bonds is 5. The molecule has 0 saturated carbocycles. The van der Waals surface area contributed by atoms with Crippen molar-refractivity contribution in [2.45, 2.75) is 0 Å².